The molecule has 0 aliphatic carbocycles. The summed E-state index contributed by atoms with van der Waals surface area (Å²) in [6, 6.07) is 18.6. The van der Waals surface area contributed by atoms with Crippen LogP contribution in [-0.4, -0.2) is 20.4 Å². The van der Waals surface area contributed by atoms with Gasteiger partial charge in [0.15, 0.2) is 0 Å². The molecule has 0 saturated heterocycles. The summed E-state index contributed by atoms with van der Waals surface area (Å²) >= 11 is 0. The van der Waals surface area contributed by atoms with Gasteiger partial charge in [-0.15, -0.1) is 0 Å². The Morgan fingerprint density at radius 3 is 2.48 bits per heavy atom. The van der Waals surface area contributed by atoms with Gasteiger partial charge in [0, 0.05) is 6.54 Å². The topological polar surface area (TPSA) is 55.2 Å². The van der Waals surface area contributed by atoms with Crippen molar-refractivity contribution in [2.75, 3.05) is 0 Å². The first-order chi connectivity index (χ1) is 16.0. The summed E-state index contributed by atoms with van der Waals surface area (Å²) in [5, 5.41) is 0.426. The number of rotatable bonds is 7. The lowest BCUT2D eigenvalue weighted by molar-refractivity contribution is -0.135. The Morgan fingerprint density at radius 1 is 1.00 bits per heavy atom. The second kappa shape index (κ2) is 9.73. The Morgan fingerprint density at radius 2 is 1.76 bits per heavy atom. The van der Waals surface area contributed by atoms with Gasteiger partial charge in [-0.1, -0.05) is 43.3 Å². The summed E-state index contributed by atoms with van der Waals surface area (Å²) in [5.41, 5.74) is 1.62. The lowest BCUT2D eigenvalue weighted by atomic mass is 10.0. The molecule has 0 saturated carbocycles. The molecule has 0 aliphatic heterocycles. The molecule has 0 radical (unpaired) electrons. The lowest BCUT2D eigenvalue weighted by Crippen LogP contribution is -2.38. The number of para-hydroxylation sites is 1. The van der Waals surface area contributed by atoms with Crippen LogP contribution in [0.4, 0.5) is 8.78 Å². The zero-order chi connectivity index (χ0) is 23.4. The number of carbonyl (C=O) groups excluding carboxylic acids is 1. The van der Waals surface area contributed by atoms with Crippen molar-refractivity contribution in [2.45, 2.75) is 32.5 Å². The molecule has 0 N–H and O–H groups in total. The monoisotopic (exact) mass is 447 g/mol. The Bertz CT molecular complexity index is 1340. The Hall–Kier alpha value is -3.87. The number of hydrogen-bond acceptors (Lipinski definition) is 3. The number of hydrogen-bond donors (Lipinski definition) is 0. The van der Waals surface area contributed by atoms with Crippen LogP contribution in [0, 0.1) is 11.6 Å². The van der Waals surface area contributed by atoms with E-state index in [-0.39, 0.29) is 36.4 Å². The van der Waals surface area contributed by atoms with Crippen molar-refractivity contribution in [3.8, 4) is 0 Å². The number of fused-ring (bicyclic) bond motifs is 1. The fourth-order valence-electron chi connectivity index (χ4n) is 3.98. The second-order valence-corrected chi connectivity index (χ2v) is 7.82. The van der Waals surface area contributed by atoms with Gasteiger partial charge in [-0.2, -0.15) is 0 Å². The van der Waals surface area contributed by atoms with Gasteiger partial charge in [0.05, 0.1) is 23.3 Å². The highest BCUT2D eigenvalue weighted by Crippen LogP contribution is 2.27. The van der Waals surface area contributed by atoms with Gasteiger partial charge in [-0.05, 0) is 53.9 Å². The molecule has 7 heteroatoms. The minimum Gasteiger partial charge on any atom is -0.330 e. The van der Waals surface area contributed by atoms with E-state index in [0.717, 1.165) is 5.56 Å². The Kier molecular flexibility index (Phi) is 6.58. The van der Waals surface area contributed by atoms with Crippen LogP contribution in [0.25, 0.3) is 10.9 Å². The van der Waals surface area contributed by atoms with Gasteiger partial charge in [-0.3, -0.25) is 14.2 Å². The van der Waals surface area contributed by atoms with E-state index in [1.807, 2.05) is 6.92 Å². The van der Waals surface area contributed by atoms with E-state index in [4.69, 9.17) is 0 Å². The van der Waals surface area contributed by atoms with Crippen LogP contribution in [-0.2, 0) is 17.9 Å². The van der Waals surface area contributed by atoms with Gasteiger partial charge in [0.2, 0.25) is 5.91 Å². The van der Waals surface area contributed by atoms with Crippen molar-refractivity contribution >= 4 is 16.8 Å². The average molecular weight is 447 g/mol. The first-order valence-electron chi connectivity index (χ1n) is 10.7. The van der Waals surface area contributed by atoms with Crippen molar-refractivity contribution in [3.63, 3.8) is 0 Å². The van der Waals surface area contributed by atoms with Crippen molar-refractivity contribution in [3.05, 3.63) is 112 Å². The third kappa shape index (κ3) is 4.98. The maximum absolute atomic E-state index is 13.8. The number of carbonyl (C=O) groups is 1. The van der Waals surface area contributed by atoms with E-state index in [9.17, 15) is 18.4 Å². The largest absolute Gasteiger partial charge is 0.330 e. The maximum Gasteiger partial charge on any atom is 0.261 e. The van der Waals surface area contributed by atoms with Crippen molar-refractivity contribution in [1.82, 2.24) is 14.5 Å². The van der Waals surface area contributed by atoms with Crippen LogP contribution >= 0.6 is 0 Å². The molecule has 5 nitrogen and oxygen atoms in total. The molecule has 168 valence electrons. The molecule has 1 amide bonds. The average Bonchev–Trinajstić information content (AvgIpc) is 2.82. The summed E-state index contributed by atoms with van der Waals surface area (Å²) in [6.07, 6.45) is 1.92. The normalized spacial score (nSPS) is 12.0. The van der Waals surface area contributed by atoms with Crippen LogP contribution in [0.1, 0.15) is 30.5 Å². The van der Waals surface area contributed by atoms with E-state index in [2.05, 4.69) is 4.98 Å². The van der Waals surface area contributed by atoms with Crippen LogP contribution in [0.15, 0.2) is 83.9 Å². The SMILES string of the molecule is CCC(c1ccc(F)cc1)N(Cc1cccc(F)c1)C(=O)Cn1cnc2ccccc2c1=O. The quantitative estimate of drug-likeness (QED) is 0.407. The number of benzene rings is 3. The van der Waals surface area contributed by atoms with Crippen LogP contribution in [0.2, 0.25) is 0 Å². The van der Waals surface area contributed by atoms with E-state index in [0.29, 0.717) is 22.9 Å². The van der Waals surface area contributed by atoms with Gasteiger partial charge in [-0.25, -0.2) is 13.8 Å². The number of aromatic nitrogens is 2. The zero-order valence-corrected chi connectivity index (χ0v) is 18.1. The molecular formula is C26H23F2N3O2. The van der Waals surface area contributed by atoms with Crippen molar-refractivity contribution in [2.24, 2.45) is 0 Å². The Balaban J connectivity index is 1.70. The minimum absolute atomic E-state index is 0.141. The van der Waals surface area contributed by atoms with Crippen molar-refractivity contribution < 1.29 is 13.6 Å². The predicted octanol–water partition coefficient (Wildman–Crippen LogP) is 4.85. The first-order valence-corrected chi connectivity index (χ1v) is 10.7. The molecule has 1 unspecified atom stereocenters. The van der Waals surface area contributed by atoms with E-state index in [1.54, 1.807) is 53.4 Å². The maximum atomic E-state index is 13.8. The molecule has 0 fully saturated rings. The summed E-state index contributed by atoms with van der Waals surface area (Å²) < 4.78 is 28.6. The summed E-state index contributed by atoms with van der Waals surface area (Å²) in [4.78, 5) is 32.3. The van der Waals surface area contributed by atoms with Crippen LogP contribution in [0.3, 0.4) is 0 Å². The molecule has 33 heavy (non-hydrogen) atoms. The highest BCUT2D eigenvalue weighted by Gasteiger charge is 2.25. The second-order valence-electron chi connectivity index (χ2n) is 7.82. The predicted molar refractivity (Wildman–Crippen MR) is 122 cm³/mol. The van der Waals surface area contributed by atoms with E-state index < -0.39 is 5.82 Å². The smallest absolute Gasteiger partial charge is 0.261 e. The molecule has 0 aliphatic rings. The molecule has 1 aromatic heterocycles. The molecule has 4 aromatic rings. The third-order valence-corrected chi connectivity index (χ3v) is 5.62. The molecule has 1 heterocycles. The fraction of sp³-hybridized carbons (Fsp3) is 0.192. The van der Waals surface area contributed by atoms with Crippen LogP contribution in [0.5, 0.6) is 0 Å². The van der Waals surface area contributed by atoms with Gasteiger partial charge in [0.25, 0.3) is 5.56 Å². The summed E-state index contributed by atoms with van der Waals surface area (Å²) in [7, 11) is 0. The third-order valence-electron chi connectivity index (χ3n) is 5.62. The summed E-state index contributed by atoms with van der Waals surface area (Å²) in [5.74, 6) is -1.09. The molecule has 1 atom stereocenters. The van der Waals surface area contributed by atoms with Gasteiger partial charge < -0.3 is 4.90 Å². The molecule has 3 aromatic carbocycles. The van der Waals surface area contributed by atoms with E-state index in [1.165, 1.54) is 35.2 Å². The standard InChI is InChI=1S/C26H23F2N3O2/c1-2-24(19-10-12-20(27)13-11-19)31(15-18-6-5-7-21(28)14-18)25(32)16-30-17-29-23-9-4-3-8-22(23)26(30)33/h3-14,17,24H,2,15-16H2,1H3. The molecule has 0 spiro atoms. The van der Waals surface area contributed by atoms with Gasteiger partial charge in [0.1, 0.15) is 18.2 Å². The molecule has 0 bridgehead atoms. The van der Waals surface area contributed by atoms with Crippen molar-refractivity contribution in [1.29, 1.82) is 0 Å². The molecule has 4 rings (SSSR count). The van der Waals surface area contributed by atoms with Crippen LogP contribution < -0.4 is 5.56 Å². The fourth-order valence-corrected chi connectivity index (χ4v) is 3.98. The first kappa shape index (κ1) is 22.3. The number of amides is 1. The highest BCUT2D eigenvalue weighted by atomic mass is 19.1. The lowest BCUT2D eigenvalue weighted by Gasteiger charge is -2.32. The Labute approximate surface area is 189 Å². The highest BCUT2D eigenvalue weighted by molar-refractivity contribution is 5.79. The summed E-state index contributed by atoms with van der Waals surface area (Å²) in [6.45, 7) is 1.84. The number of nitrogens with zero attached hydrogens (tertiary/aromatic N) is 3. The van der Waals surface area contributed by atoms with Gasteiger partial charge >= 0.3 is 0 Å². The van der Waals surface area contributed by atoms with E-state index >= 15 is 0 Å². The number of halogens is 2. The minimum atomic E-state index is -0.398. The molecular weight excluding hydrogens is 424 g/mol. The zero-order valence-electron chi connectivity index (χ0n) is 18.1.